The van der Waals surface area contributed by atoms with Crippen LogP contribution in [0.25, 0.3) is 0 Å². The molecular formula is C17H22N2O3S. The number of nitrogens with one attached hydrogen (secondary N) is 2. The van der Waals surface area contributed by atoms with Gasteiger partial charge in [-0.25, -0.2) is 13.1 Å². The Labute approximate surface area is 137 Å². The maximum atomic E-state index is 12.1. The van der Waals surface area contributed by atoms with Gasteiger partial charge in [-0.2, -0.15) is 0 Å². The van der Waals surface area contributed by atoms with E-state index in [0.717, 1.165) is 31.2 Å². The normalized spacial score (nSPS) is 20.6. The van der Waals surface area contributed by atoms with E-state index in [0.29, 0.717) is 18.9 Å². The van der Waals surface area contributed by atoms with Gasteiger partial charge in [-0.05, 0) is 49.3 Å². The summed E-state index contributed by atoms with van der Waals surface area (Å²) < 4.78 is 26.8. The number of rotatable bonds is 7. The zero-order valence-electron chi connectivity index (χ0n) is 13.0. The van der Waals surface area contributed by atoms with Crippen LogP contribution in [-0.4, -0.2) is 20.4 Å². The Hall–Kier alpha value is -1.66. The molecule has 0 saturated heterocycles. The van der Waals surface area contributed by atoms with Crippen molar-refractivity contribution in [3.8, 4) is 0 Å². The zero-order chi connectivity index (χ0) is 16.3. The van der Waals surface area contributed by atoms with Gasteiger partial charge in [-0.1, -0.05) is 24.3 Å². The molecule has 6 heteroatoms. The fourth-order valence-corrected chi connectivity index (χ4v) is 3.96. The van der Waals surface area contributed by atoms with Crippen molar-refractivity contribution in [3.05, 3.63) is 42.0 Å². The van der Waals surface area contributed by atoms with Crippen molar-refractivity contribution in [2.24, 2.45) is 5.92 Å². The van der Waals surface area contributed by atoms with E-state index in [1.807, 2.05) is 0 Å². The first kappa shape index (κ1) is 16.2. The van der Waals surface area contributed by atoms with Crippen molar-refractivity contribution in [2.75, 3.05) is 0 Å². The van der Waals surface area contributed by atoms with Gasteiger partial charge in [0.15, 0.2) is 0 Å². The van der Waals surface area contributed by atoms with Gasteiger partial charge in [-0.3, -0.25) is 4.79 Å². The summed E-state index contributed by atoms with van der Waals surface area (Å²) in [5, 5.41) is 2.89. The molecule has 3 rings (SSSR count). The quantitative estimate of drug-likeness (QED) is 0.750. The highest BCUT2D eigenvalue weighted by Crippen LogP contribution is 2.22. The minimum atomic E-state index is -3.41. The predicted molar refractivity (Wildman–Crippen MR) is 88.1 cm³/mol. The molecule has 1 saturated carbocycles. The number of hydrogen-bond donors (Lipinski definition) is 2. The molecule has 0 spiro atoms. The molecule has 0 unspecified atom stereocenters. The van der Waals surface area contributed by atoms with Crippen molar-refractivity contribution in [2.45, 2.75) is 49.6 Å². The molecule has 124 valence electrons. The standard InChI is InChI=1S/C17H22N2O3S/c20-17(11-13-3-1-2-4-13)18-12-14-5-9-16(10-6-14)23(21,22)19-15-7-8-15/h1,3,5-6,9-10,13,15,19H,2,4,7-8,11-12H2,(H,18,20)/t13-/m0/s1. The summed E-state index contributed by atoms with van der Waals surface area (Å²) in [5.74, 6) is 0.393. The first-order chi connectivity index (χ1) is 11.0. The number of amides is 1. The van der Waals surface area contributed by atoms with Gasteiger partial charge in [-0.15, -0.1) is 0 Å². The van der Waals surface area contributed by atoms with Crippen LogP contribution in [0.15, 0.2) is 41.3 Å². The molecule has 2 aliphatic rings. The number of benzene rings is 1. The summed E-state index contributed by atoms with van der Waals surface area (Å²) in [6.45, 7) is 0.422. The lowest BCUT2D eigenvalue weighted by atomic mass is 10.1. The first-order valence-corrected chi connectivity index (χ1v) is 9.56. The average Bonchev–Trinajstić information content (AvgIpc) is 3.17. The molecule has 5 nitrogen and oxygen atoms in total. The van der Waals surface area contributed by atoms with Crippen LogP contribution < -0.4 is 10.0 Å². The van der Waals surface area contributed by atoms with E-state index in [4.69, 9.17) is 0 Å². The highest BCUT2D eigenvalue weighted by atomic mass is 32.2. The van der Waals surface area contributed by atoms with E-state index in [1.54, 1.807) is 24.3 Å². The highest BCUT2D eigenvalue weighted by Gasteiger charge is 2.27. The molecule has 1 amide bonds. The monoisotopic (exact) mass is 334 g/mol. The molecule has 1 aromatic rings. The molecule has 1 fully saturated rings. The molecule has 2 N–H and O–H groups in total. The third-order valence-corrected chi connectivity index (χ3v) is 5.72. The molecule has 0 heterocycles. The fraction of sp³-hybridized carbons (Fsp3) is 0.471. The Kier molecular flexibility index (Phi) is 4.82. The summed E-state index contributed by atoms with van der Waals surface area (Å²) >= 11 is 0. The van der Waals surface area contributed by atoms with Gasteiger partial charge in [0, 0.05) is 19.0 Å². The Morgan fingerprint density at radius 2 is 1.87 bits per heavy atom. The molecule has 0 aliphatic heterocycles. The second-order valence-electron chi connectivity index (χ2n) is 6.29. The average molecular weight is 334 g/mol. The second kappa shape index (κ2) is 6.84. The molecule has 0 bridgehead atoms. The summed E-state index contributed by atoms with van der Waals surface area (Å²) in [6, 6.07) is 6.77. The summed E-state index contributed by atoms with van der Waals surface area (Å²) in [5.41, 5.74) is 0.894. The number of carbonyl (C=O) groups is 1. The molecular weight excluding hydrogens is 312 g/mol. The molecule has 2 aliphatic carbocycles. The lowest BCUT2D eigenvalue weighted by molar-refractivity contribution is -0.121. The largest absolute Gasteiger partial charge is 0.352 e. The number of hydrogen-bond acceptors (Lipinski definition) is 3. The number of carbonyl (C=O) groups excluding carboxylic acids is 1. The predicted octanol–water partition coefficient (Wildman–Crippen LogP) is 2.10. The van der Waals surface area contributed by atoms with Crippen molar-refractivity contribution in [3.63, 3.8) is 0 Å². The minimum absolute atomic E-state index is 0.0358. The maximum Gasteiger partial charge on any atom is 0.240 e. The van der Waals surface area contributed by atoms with E-state index in [-0.39, 0.29) is 16.8 Å². The van der Waals surface area contributed by atoms with Crippen molar-refractivity contribution in [1.29, 1.82) is 0 Å². The van der Waals surface area contributed by atoms with Gasteiger partial charge in [0.05, 0.1) is 4.90 Å². The zero-order valence-corrected chi connectivity index (χ0v) is 13.8. The Balaban J connectivity index is 1.50. The molecule has 0 aromatic heterocycles. The Morgan fingerprint density at radius 1 is 1.13 bits per heavy atom. The van der Waals surface area contributed by atoms with Crippen LogP contribution in [0.5, 0.6) is 0 Å². The van der Waals surface area contributed by atoms with E-state index in [2.05, 4.69) is 22.2 Å². The van der Waals surface area contributed by atoms with Gasteiger partial charge < -0.3 is 5.32 Å². The second-order valence-corrected chi connectivity index (χ2v) is 8.00. The maximum absolute atomic E-state index is 12.1. The van der Waals surface area contributed by atoms with E-state index in [9.17, 15) is 13.2 Å². The lowest BCUT2D eigenvalue weighted by Gasteiger charge is -2.10. The Bertz CT molecular complexity index is 691. The summed E-state index contributed by atoms with van der Waals surface area (Å²) in [7, 11) is -3.41. The van der Waals surface area contributed by atoms with Crippen LogP contribution in [0.2, 0.25) is 0 Å². The van der Waals surface area contributed by atoms with Crippen LogP contribution >= 0.6 is 0 Å². The van der Waals surface area contributed by atoms with E-state index in [1.165, 1.54) is 0 Å². The van der Waals surface area contributed by atoms with Crippen LogP contribution in [-0.2, 0) is 21.4 Å². The van der Waals surface area contributed by atoms with Crippen LogP contribution in [0, 0.1) is 5.92 Å². The first-order valence-electron chi connectivity index (χ1n) is 8.07. The van der Waals surface area contributed by atoms with Gasteiger partial charge in [0.2, 0.25) is 15.9 Å². The van der Waals surface area contributed by atoms with Gasteiger partial charge in [0.1, 0.15) is 0 Å². The fourth-order valence-electron chi connectivity index (χ4n) is 2.65. The van der Waals surface area contributed by atoms with Crippen LogP contribution in [0.4, 0.5) is 0 Å². The van der Waals surface area contributed by atoms with Crippen LogP contribution in [0.3, 0.4) is 0 Å². The minimum Gasteiger partial charge on any atom is -0.352 e. The van der Waals surface area contributed by atoms with Crippen molar-refractivity contribution in [1.82, 2.24) is 10.0 Å². The topological polar surface area (TPSA) is 75.3 Å². The molecule has 1 aromatic carbocycles. The summed E-state index contributed by atoms with van der Waals surface area (Å²) in [4.78, 5) is 12.1. The van der Waals surface area contributed by atoms with E-state index >= 15 is 0 Å². The Morgan fingerprint density at radius 3 is 2.48 bits per heavy atom. The van der Waals surface area contributed by atoms with Crippen LogP contribution in [0.1, 0.15) is 37.7 Å². The van der Waals surface area contributed by atoms with Gasteiger partial charge in [0.25, 0.3) is 0 Å². The summed E-state index contributed by atoms with van der Waals surface area (Å²) in [6.07, 6.45) is 8.68. The van der Waals surface area contributed by atoms with Gasteiger partial charge >= 0.3 is 0 Å². The molecule has 23 heavy (non-hydrogen) atoms. The van der Waals surface area contributed by atoms with Crippen molar-refractivity contribution < 1.29 is 13.2 Å². The number of sulfonamides is 1. The SMILES string of the molecule is O=C(C[C@H]1C=CCC1)NCc1ccc(S(=O)(=O)NC2CC2)cc1. The third kappa shape index (κ3) is 4.65. The third-order valence-electron chi connectivity index (χ3n) is 4.18. The highest BCUT2D eigenvalue weighted by molar-refractivity contribution is 7.89. The molecule has 1 atom stereocenters. The van der Waals surface area contributed by atoms with Crippen molar-refractivity contribution >= 4 is 15.9 Å². The molecule has 0 radical (unpaired) electrons. The van der Waals surface area contributed by atoms with E-state index < -0.39 is 10.0 Å². The smallest absolute Gasteiger partial charge is 0.240 e. The lowest BCUT2D eigenvalue weighted by Crippen LogP contribution is -2.26. The number of allylic oxidation sites excluding steroid dienone is 2.